The number of benzene rings is 1. The Morgan fingerprint density at radius 3 is 2.71 bits per heavy atom. The van der Waals surface area contributed by atoms with Gasteiger partial charge in [0, 0.05) is 10.7 Å². The Kier molecular flexibility index (Phi) is 4.49. The number of pyridine rings is 1. The molecule has 0 aliphatic heterocycles. The Bertz CT molecular complexity index is 849. The summed E-state index contributed by atoms with van der Waals surface area (Å²) in [5, 5.41) is 0. The third kappa shape index (κ3) is 3.69. The predicted molar refractivity (Wildman–Crippen MR) is 86.8 cm³/mol. The van der Waals surface area contributed by atoms with E-state index in [1.165, 1.54) is 6.33 Å². The average molecular weight is 400 g/mol. The fourth-order valence-electron chi connectivity index (χ4n) is 2.41. The molecule has 0 saturated heterocycles. The van der Waals surface area contributed by atoms with E-state index in [1.807, 2.05) is 6.07 Å². The van der Waals surface area contributed by atoms with Gasteiger partial charge in [0.25, 0.3) is 0 Å². The van der Waals surface area contributed by atoms with E-state index in [2.05, 4.69) is 25.9 Å². The van der Waals surface area contributed by atoms with Gasteiger partial charge in [-0.1, -0.05) is 22.0 Å². The predicted octanol–water partition coefficient (Wildman–Crippen LogP) is 4.90. The molecule has 4 nitrogen and oxygen atoms in total. The molecular formula is C16H13BrF3N3O. The van der Waals surface area contributed by atoms with Crippen LogP contribution in [0.5, 0.6) is 5.75 Å². The molecule has 2 aromatic heterocycles. The molecule has 0 amide bonds. The van der Waals surface area contributed by atoms with Crippen molar-refractivity contribution in [3.05, 3.63) is 53.0 Å². The van der Waals surface area contributed by atoms with Gasteiger partial charge in [0.1, 0.15) is 23.9 Å². The zero-order valence-corrected chi connectivity index (χ0v) is 14.2. The van der Waals surface area contributed by atoms with Crippen LogP contribution in [0.2, 0.25) is 0 Å². The lowest BCUT2D eigenvalue weighted by molar-refractivity contribution is -0.140. The highest BCUT2D eigenvalue weighted by Gasteiger charge is 2.29. The Hall–Kier alpha value is -2.09. The van der Waals surface area contributed by atoms with E-state index < -0.39 is 18.8 Å². The summed E-state index contributed by atoms with van der Waals surface area (Å²) in [6, 6.07) is 8.70. The largest absolute Gasteiger partial charge is 0.482 e. The normalized spacial score (nSPS) is 13.2. The molecule has 1 aromatic carbocycles. The first-order valence-electron chi connectivity index (χ1n) is 7.12. The second-order valence-corrected chi connectivity index (χ2v) is 6.19. The third-order valence-electron chi connectivity index (χ3n) is 3.40. The van der Waals surface area contributed by atoms with Gasteiger partial charge < -0.3 is 9.30 Å². The van der Waals surface area contributed by atoms with Gasteiger partial charge in [0.2, 0.25) is 0 Å². The molecule has 0 unspecified atom stereocenters. The van der Waals surface area contributed by atoms with Gasteiger partial charge >= 0.3 is 6.18 Å². The van der Waals surface area contributed by atoms with Crippen molar-refractivity contribution < 1.29 is 17.9 Å². The molecule has 8 heteroatoms. The number of fused-ring (bicyclic) bond motifs is 1. The number of aromatic nitrogens is 3. The maximum atomic E-state index is 12.8. The maximum Gasteiger partial charge on any atom is 0.406 e. The molecule has 1 atom stereocenters. The molecule has 24 heavy (non-hydrogen) atoms. The fraction of sp³-hybridized carbons (Fsp3) is 0.250. The quantitative estimate of drug-likeness (QED) is 0.626. The Labute approximate surface area is 144 Å². The summed E-state index contributed by atoms with van der Waals surface area (Å²) in [6.07, 6.45) is -1.95. The zero-order chi connectivity index (χ0) is 17.3. The van der Waals surface area contributed by atoms with E-state index in [0.29, 0.717) is 26.9 Å². The second-order valence-electron chi connectivity index (χ2n) is 5.27. The van der Waals surface area contributed by atoms with Crippen LogP contribution in [-0.4, -0.2) is 20.7 Å². The lowest BCUT2D eigenvalue weighted by Gasteiger charge is -2.17. The van der Waals surface area contributed by atoms with Crippen LogP contribution in [0.3, 0.4) is 0 Å². The Morgan fingerprint density at radius 2 is 2.04 bits per heavy atom. The average Bonchev–Trinajstić information content (AvgIpc) is 2.89. The smallest absolute Gasteiger partial charge is 0.406 e. The highest BCUT2D eigenvalue weighted by Crippen LogP contribution is 2.33. The van der Waals surface area contributed by atoms with Crippen molar-refractivity contribution in [3.63, 3.8) is 0 Å². The van der Waals surface area contributed by atoms with Crippen molar-refractivity contribution in [2.24, 2.45) is 0 Å². The van der Waals surface area contributed by atoms with Gasteiger partial charge in [-0.3, -0.25) is 4.98 Å². The highest BCUT2D eigenvalue weighted by molar-refractivity contribution is 9.10. The van der Waals surface area contributed by atoms with Crippen molar-refractivity contribution in [2.45, 2.75) is 25.7 Å². The van der Waals surface area contributed by atoms with Gasteiger partial charge in [-0.25, -0.2) is 4.98 Å². The molecule has 0 spiro atoms. The summed E-state index contributed by atoms with van der Waals surface area (Å²) in [6.45, 7) is 0.666. The first kappa shape index (κ1) is 16.8. The minimum atomic E-state index is -4.34. The van der Waals surface area contributed by atoms with Crippen LogP contribution in [-0.2, 0) is 6.54 Å². The fourth-order valence-corrected chi connectivity index (χ4v) is 2.83. The van der Waals surface area contributed by atoms with Gasteiger partial charge in [-0.15, -0.1) is 0 Å². The first-order valence-corrected chi connectivity index (χ1v) is 7.91. The van der Waals surface area contributed by atoms with E-state index in [9.17, 15) is 13.2 Å². The summed E-state index contributed by atoms with van der Waals surface area (Å²) >= 11 is 3.33. The van der Waals surface area contributed by atoms with E-state index in [4.69, 9.17) is 4.74 Å². The van der Waals surface area contributed by atoms with E-state index in [0.717, 1.165) is 4.57 Å². The van der Waals surface area contributed by atoms with Crippen LogP contribution in [0.15, 0.2) is 47.3 Å². The molecule has 126 valence electrons. The summed E-state index contributed by atoms with van der Waals surface area (Å²) < 4.78 is 45.9. The molecule has 0 fully saturated rings. The monoisotopic (exact) mass is 399 g/mol. The van der Waals surface area contributed by atoms with Crippen LogP contribution < -0.4 is 4.74 Å². The zero-order valence-electron chi connectivity index (χ0n) is 12.6. The topological polar surface area (TPSA) is 39.9 Å². The van der Waals surface area contributed by atoms with Crippen molar-refractivity contribution in [1.29, 1.82) is 0 Å². The molecule has 3 aromatic rings. The van der Waals surface area contributed by atoms with Crippen molar-refractivity contribution in [2.75, 3.05) is 0 Å². The minimum Gasteiger partial charge on any atom is -0.482 e. The van der Waals surface area contributed by atoms with E-state index >= 15 is 0 Å². The van der Waals surface area contributed by atoms with Crippen LogP contribution in [0.1, 0.15) is 18.7 Å². The number of hydrogen-bond donors (Lipinski definition) is 0. The molecule has 2 heterocycles. The number of alkyl halides is 3. The standard InChI is InChI=1S/C16H13BrF3N3O/c1-10(12-4-2-3-5-21-12)24-14-7-11(17)6-13-15(14)23(9-22-13)8-16(18,19)20/h2-7,9-10H,8H2,1H3/t10-/m1/s1. The maximum absolute atomic E-state index is 12.8. The molecule has 0 saturated carbocycles. The van der Waals surface area contributed by atoms with Crippen LogP contribution in [0, 0.1) is 0 Å². The van der Waals surface area contributed by atoms with E-state index in [1.54, 1.807) is 37.4 Å². The van der Waals surface area contributed by atoms with Crippen molar-refractivity contribution in [3.8, 4) is 5.75 Å². The van der Waals surface area contributed by atoms with Gasteiger partial charge in [0.05, 0.1) is 17.5 Å². The summed E-state index contributed by atoms with van der Waals surface area (Å²) in [5.41, 5.74) is 1.42. The van der Waals surface area contributed by atoms with Gasteiger partial charge in [-0.05, 0) is 31.2 Å². The minimum absolute atomic E-state index is 0.304. The van der Waals surface area contributed by atoms with Crippen LogP contribution in [0.25, 0.3) is 11.0 Å². The molecule has 0 radical (unpaired) electrons. The molecule has 0 aliphatic carbocycles. The molecule has 3 rings (SSSR count). The molecule has 0 N–H and O–H groups in total. The highest BCUT2D eigenvalue weighted by atomic mass is 79.9. The lowest BCUT2D eigenvalue weighted by atomic mass is 10.2. The number of hydrogen-bond acceptors (Lipinski definition) is 3. The number of nitrogens with zero attached hydrogens (tertiary/aromatic N) is 3. The summed E-state index contributed by atoms with van der Waals surface area (Å²) in [4.78, 5) is 8.25. The molecule has 0 aliphatic rings. The Morgan fingerprint density at radius 1 is 1.25 bits per heavy atom. The number of rotatable bonds is 4. The van der Waals surface area contributed by atoms with Crippen LogP contribution >= 0.6 is 15.9 Å². The molecular weight excluding hydrogens is 387 g/mol. The Balaban J connectivity index is 2.01. The van der Waals surface area contributed by atoms with Crippen LogP contribution in [0.4, 0.5) is 13.2 Å². The van der Waals surface area contributed by atoms with Gasteiger partial charge in [0.15, 0.2) is 0 Å². The summed E-state index contributed by atoms with van der Waals surface area (Å²) in [7, 11) is 0. The number of imidazole rings is 1. The molecule has 0 bridgehead atoms. The first-order chi connectivity index (χ1) is 11.3. The third-order valence-corrected chi connectivity index (χ3v) is 3.86. The second kappa shape index (κ2) is 6.43. The van der Waals surface area contributed by atoms with E-state index in [-0.39, 0.29) is 0 Å². The number of halogens is 4. The summed E-state index contributed by atoms with van der Waals surface area (Å²) in [5.74, 6) is 0.319. The SMILES string of the molecule is C[C@@H](Oc1cc(Br)cc2ncn(CC(F)(F)F)c12)c1ccccn1. The van der Waals surface area contributed by atoms with Gasteiger partial charge in [-0.2, -0.15) is 13.2 Å². The number of ether oxygens (including phenoxy) is 1. The van der Waals surface area contributed by atoms with Crippen molar-refractivity contribution >= 4 is 27.0 Å². The lowest BCUT2D eigenvalue weighted by Crippen LogP contribution is -2.17. The van der Waals surface area contributed by atoms with Crippen molar-refractivity contribution in [1.82, 2.24) is 14.5 Å².